The van der Waals surface area contributed by atoms with Crippen LogP contribution in [0.4, 0.5) is 4.79 Å². The van der Waals surface area contributed by atoms with Crippen molar-refractivity contribution in [1.82, 2.24) is 5.32 Å². The van der Waals surface area contributed by atoms with Crippen molar-refractivity contribution < 1.29 is 14.6 Å². The zero-order valence-electron chi connectivity index (χ0n) is 7.25. The molecule has 70 valence electrons. The number of aliphatic hydroxyl groups excluding tert-OH is 1. The Balaban J connectivity index is 2.25. The van der Waals surface area contributed by atoms with Gasteiger partial charge in [0.05, 0.1) is 18.8 Å². The largest absolute Gasteiger partial charge is 0.450 e. The molecule has 2 atom stereocenters. The second-order valence-corrected chi connectivity index (χ2v) is 2.97. The summed E-state index contributed by atoms with van der Waals surface area (Å²) in [6.45, 7) is 2.12. The van der Waals surface area contributed by atoms with E-state index in [1.165, 1.54) is 0 Å². The number of aliphatic hydroxyl groups is 1. The molecule has 2 N–H and O–H groups in total. The van der Waals surface area contributed by atoms with E-state index in [-0.39, 0.29) is 6.04 Å². The standard InChI is InChI=1S/C8H15NO3/c1-2-12-8(11)9-6-4-3-5-7(6)10/h6-7,10H,2-5H2,1H3,(H,9,11)/t6-,7-/m1/s1. The van der Waals surface area contributed by atoms with Crippen molar-refractivity contribution in [3.63, 3.8) is 0 Å². The maximum Gasteiger partial charge on any atom is 0.407 e. The highest BCUT2D eigenvalue weighted by molar-refractivity contribution is 5.67. The number of rotatable bonds is 2. The lowest BCUT2D eigenvalue weighted by atomic mass is 10.2. The predicted molar refractivity (Wildman–Crippen MR) is 43.8 cm³/mol. The van der Waals surface area contributed by atoms with Crippen molar-refractivity contribution in [3.05, 3.63) is 0 Å². The van der Waals surface area contributed by atoms with Gasteiger partial charge in [-0.15, -0.1) is 0 Å². The monoisotopic (exact) mass is 173 g/mol. The Morgan fingerprint density at radius 1 is 1.67 bits per heavy atom. The number of carbonyl (C=O) groups is 1. The van der Waals surface area contributed by atoms with Crippen LogP contribution >= 0.6 is 0 Å². The van der Waals surface area contributed by atoms with E-state index in [1.807, 2.05) is 0 Å². The Kier molecular flexibility index (Phi) is 3.34. The van der Waals surface area contributed by atoms with Crippen molar-refractivity contribution in [2.24, 2.45) is 0 Å². The summed E-state index contributed by atoms with van der Waals surface area (Å²) < 4.78 is 4.69. The van der Waals surface area contributed by atoms with Gasteiger partial charge in [0.25, 0.3) is 0 Å². The van der Waals surface area contributed by atoms with Crippen LogP contribution in [0.5, 0.6) is 0 Å². The van der Waals surface area contributed by atoms with Gasteiger partial charge in [-0.2, -0.15) is 0 Å². The van der Waals surface area contributed by atoms with E-state index in [9.17, 15) is 9.90 Å². The number of hydrogen-bond donors (Lipinski definition) is 2. The predicted octanol–water partition coefficient (Wildman–Crippen LogP) is 0.646. The fraction of sp³-hybridized carbons (Fsp3) is 0.875. The molecule has 1 amide bonds. The molecule has 1 fully saturated rings. The van der Waals surface area contributed by atoms with Crippen LogP contribution in [0.2, 0.25) is 0 Å². The van der Waals surface area contributed by atoms with E-state index in [0.717, 1.165) is 19.3 Å². The Labute approximate surface area is 71.9 Å². The maximum atomic E-state index is 10.9. The summed E-state index contributed by atoms with van der Waals surface area (Å²) in [5, 5.41) is 12.0. The van der Waals surface area contributed by atoms with Crippen LogP contribution in [0.1, 0.15) is 26.2 Å². The normalized spacial score (nSPS) is 28.5. The number of hydrogen-bond acceptors (Lipinski definition) is 3. The molecule has 4 nitrogen and oxygen atoms in total. The molecule has 0 radical (unpaired) electrons. The molecule has 0 saturated heterocycles. The molecule has 0 aromatic rings. The van der Waals surface area contributed by atoms with E-state index in [1.54, 1.807) is 6.92 Å². The number of alkyl carbamates (subject to hydrolysis) is 1. The Morgan fingerprint density at radius 3 is 2.92 bits per heavy atom. The van der Waals surface area contributed by atoms with E-state index < -0.39 is 12.2 Å². The minimum Gasteiger partial charge on any atom is -0.450 e. The van der Waals surface area contributed by atoms with Crippen molar-refractivity contribution in [3.8, 4) is 0 Å². The average Bonchev–Trinajstić information content (AvgIpc) is 2.37. The molecule has 0 spiro atoms. The smallest absolute Gasteiger partial charge is 0.407 e. The van der Waals surface area contributed by atoms with Gasteiger partial charge in [-0.3, -0.25) is 0 Å². The molecule has 0 aromatic heterocycles. The second kappa shape index (κ2) is 4.30. The molecule has 0 heterocycles. The van der Waals surface area contributed by atoms with Gasteiger partial charge < -0.3 is 15.2 Å². The fourth-order valence-corrected chi connectivity index (χ4v) is 1.43. The van der Waals surface area contributed by atoms with Gasteiger partial charge in [0.15, 0.2) is 0 Å². The summed E-state index contributed by atoms with van der Waals surface area (Å²) in [5.41, 5.74) is 0. The Morgan fingerprint density at radius 2 is 2.42 bits per heavy atom. The van der Waals surface area contributed by atoms with Crippen LogP contribution in [0, 0.1) is 0 Å². The first-order valence-electron chi connectivity index (χ1n) is 4.35. The van der Waals surface area contributed by atoms with Crippen LogP contribution in [-0.2, 0) is 4.74 Å². The summed E-state index contributed by atoms with van der Waals surface area (Å²) in [6, 6.07) is -0.107. The first-order chi connectivity index (χ1) is 5.74. The fourth-order valence-electron chi connectivity index (χ4n) is 1.43. The zero-order chi connectivity index (χ0) is 8.97. The molecule has 12 heavy (non-hydrogen) atoms. The zero-order valence-corrected chi connectivity index (χ0v) is 7.25. The number of carbonyl (C=O) groups excluding carboxylic acids is 1. The third-order valence-electron chi connectivity index (χ3n) is 2.06. The highest BCUT2D eigenvalue weighted by Crippen LogP contribution is 2.18. The molecule has 1 rings (SSSR count). The minimum absolute atomic E-state index is 0.107. The van der Waals surface area contributed by atoms with Crippen molar-refractivity contribution in [1.29, 1.82) is 0 Å². The number of ether oxygens (including phenoxy) is 1. The number of nitrogens with one attached hydrogen (secondary N) is 1. The van der Waals surface area contributed by atoms with Crippen LogP contribution in [-0.4, -0.2) is 30.0 Å². The summed E-state index contributed by atoms with van der Waals surface area (Å²) >= 11 is 0. The Hall–Kier alpha value is -0.770. The number of amides is 1. The summed E-state index contributed by atoms with van der Waals surface area (Å²) in [4.78, 5) is 10.9. The summed E-state index contributed by atoms with van der Waals surface area (Å²) in [7, 11) is 0. The van der Waals surface area contributed by atoms with Gasteiger partial charge in [0.1, 0.15) is 0 Å². The third kappa shape index (κ3) is 2.37. The van der Waals surface area contributed by atoms with Gasteiger partial charge in [-0.05, 0) is 26.2 Å². The van der Waals surface area contributed by atoms with E-state index in [2.05, 4.69) is 5.32 Å². The molecule has 1 aliphatic rings. The highest BCUT2D eigenvalue weighted by Gasteiger charge is 2.26. The lowest BCUT2D eigenvalue weighted by Crippen LogP contribution is -2.40. The average molecular weight is 173 g/mol. The van der Waals surface area contributed by atoms with E-state index >= 15 is 0 Å². The van der Waals surface area contributed by atoms with Gasteiger partial charge in [-0.25, -0.2) is 4.79 Å². The van der Waals surface area contributed by atoms with Crippen LogP contribution in [0.3, 0.4) is 0 Å². The molecular formula is C8H15NO3. The highest BCUT2D eigenvalue weighted by atomic mass is 16.5. The molecule has 1 aliphatic carbocycles. The third-order valence-corrected chi connectivity index (χ3v) is 2.06. The molecule has 0 aromatic carbocycles. The molecular weight excluding hydrogens is 158 g/mol. The van der Waals surface area contributed by atoms with E-state index in [4.69, 9.17) is 4.74 Å². The summed E-state index contributed by atoms with van der Waals surface area (Å²) in [6.07, 6.45) is 1.77. The van der Waals surface area contributed by atoms with Gasteiger partial charge >= 0.3 is 6.09 Å². The molecule has 0 bridgehead atoms. The minimum atomic E-state index is -0.427. The SMILES string of the molecule is CCOC(=O)N[C@@H]1CCC[C@H]1O. The second-order valence-electron chi connectivity index (χ2n) is 2.97. The van der Waals surface area contributed by atoms with Crippen molar-refractivity contribution in [2.75, 3.05) is 6.61 Å². The first kappa shape index (κ1) is 9.32. The molecule has 1 saturated carbocycles. The summed E-state index contributed by atoms with van der Waals surface area (Å²) in [5.74, 6) is 0. The quantitative estimate of drug-likeness (QED) is 0.644. The van der Waals surface area contributed by atoms with Gasteiger partial charge in [-0.1, -0.05) is 0 Å². The molecule has 0 unspecified atom stereocenters. The van der Waals surface area contributed by atoms with Crippen LogP contribution in [0.15, 0.2) is 0 Å². The van der Waals surface area contributed by atoms with Crippen LogP contribution in [0.25, 0.3) is 0 Å². The lowest BCUT2D eigenvalue weighted by Gasteiger charge is -2.15. The first-order valence-corrected chi connectivity index (χ1v) is 4.35. The van der Waals surface area contributed by atoms with Gasteiger partial charge in [0, 0.05) is 0 Å². The van der Waals surface area contributed by atoms with Crippen LogP contribution < -0.4 is 5.32 Å². The molecule has 4 heteroatoms. The lowest BCUT2D eigenvalue weighted by molar-refractivity contribution is 0.120. The van der Waals surface area contributed by atoms with Crippen molar-refractivity contribution in [2.45, 2.75) is 38.3 Å². The maximum absolute atomic E-state index is 10.9. The van der Waals surface area contributed by atoms with Crippen molar-refractivity contribution >= 4 is 6.09 Å². The van der Waals surface area contributed by atoms with E-state index in [0.29, 0.717) is 6.61 Å². The topological polar surface area (TPSA) is 58.6 Å². The Bertz CT molecular complexity index is 160. The van der Waals surface area contributed by atoms with Gasteiger partial charge in [0.2, 0.25) is 0 Å². The molecule has 0 aliphatic heterocycles.